The van der Waals surface area contributed by atoms with Crippen molar-refractivity contribution >= 4 is 41.5 Å². The first-order valence-electron chi connectivity index (χ1n) is 9.59. The summed E-state index contributed by atoms with van der Waals surface area (Å²) < 4.78 is 0. The quantitative estimate of drug-likeness (QED) is 0.774. The summed E-state index contributed by atoms with van der Waals surface area (Å²) >= 11 is 6.35. The summed E-state index contributed by atoms with van der Waals surface area (Å²) in [5, 5.41) is 3.27. The van der Waals surface area contributed by atoms with Crippen LogP contribution in [0.25, 0.3) is 0 Å². The molecule has 0 aromatic heterocycles. The van der Waals surface area contributed by atoms with Gasteiger partial charge in [0.1, 0.15) is 0 Å². The van der Waals surface area contributed by atoms with Gasteiger partial charge in [0.2, 0.25) is 5.91 Å². The molecule has 0 aliphatic heterocycles. The Bertz CT molecular complexity index is 677. The van der Waals surface area contributed by atoms with Crippen molar-refractivity contribution in [3.63, 3.8) is 0 Å². The predicted octanol–water partition coefficient (Wildman–Crippen LogP) is 4.23. The molecule has 5 nitrogen and oxygen atoms in total. The fraction of sp³-hybridized carbons (Fsp3) is 0.600. The number of anilines is 1. The van der Waals surface area contributed by atoms with Crippen LogP contribution in [-0.2, 0) is 4.79 Å². The molecule has 0 radical (unpaired) electrons. The largest absolute Gasteiger partial charge is 0.339 e. The van der Waals surface area contributed by atoms with Crippen LogP contribution in [-0.4, -0.2) is 35.8 Å². The van der Waals surface area contributed by atoms with Crippen LogP contribution >= 0.6 is 24.0 Å². The van der Waals surface area contributed by atoms with E-state index in [4.69, 9.17) is 17.3 Å². The van der Waals surface area contributed by atoms with Crippen molar-refractivity contribution in [1.82, 2.24) is 4.90 Å². The molecule has 2 unspecified atom stereocenters. The van der Waals surface area contributed by atoms with Crippen molar-refractivity contribution in [3.8, 4) is 0 Å². The summed E-state index contributed by atoms with van der Waals surface area (Å²) in [7, 11) is 1.85. The zero-order valence-corrected chi connectivity index (χ0v) is 17.3. The van der Waals surface area contributed by atoms with Crippen LogP contribution in [0.3, 0.4) is 0 Å². The van der Waals surface area contributed by atoms with Crippen LogP contribution in [0.4, 0.5) is 5.69 Å². The number of nitrogens with one attached hydrogen (secondary N) is 1. The van der Waals surface area contributed by atoms with Crippen molar-refractivity contribution in [2.45, 2.75) is 63.5 Å². The van der Waals surface area contributed by atoms with Gasteiger partial charge in [-0.15, -0.1) is 12.4 Å². The summed E-state index contributed by atoms with van der Waals surface area (Å²) in [5.74, 6) is -0.114. The molecule has 1 aromatic rings. The highest BCUT2D eigenvalue weighted by Gasteiger charge is 2.28. The average molecular weight is 414 g/mol. The van der Waals surface area contributed by atoms with Crippen LogP contribution in [0.5, 0.6) is 0 Å². The second kappa shape index (κ2) is 9.76. The number of halogens is 2. The van der Waals surface area contributed by atoms with E-state index in [0.717, 1.165) is 32.1 Å². The molecule has 3 rings (SSSR count). The van der Waals surface area contributed by atoms with E-state index in [2.05, 4.69) is 5.32 Å². The number of benzene rings is 1. The van der Waals surface area contributed by atoms with Crippen LogP contribution in [0, 0.1) is 5.92 Å². The maximum Gasteiger partial charge on any atom is 0.255 e. The number of carbonyl (C=O) groups is 2. The number of carbonyl (C=O) groups excluding carboxylic acids is 2. The molecule has 27 heavy (non-hydrogen) atoms. The molecule has 2 amide bonds. The maximum absolute atomic E-state index is 12.8. The summed E-state index contributed by atoms with van der Waals surface area (Å²) in [6.45, 7) is 0. The van der Waals surface area contributed by atoms with E-state index in [1.807, 2.05) is 11.9 Å². The Labute approximate surface area is 172 Å². The van der Waals surface area contributed by atoms with Gasteiger partial charge in [-0.3, -0.25) is 9.59 Å². The molecule has 1 aromatic carbocycles. The Hall–Kier alpha value is -1.30. The lowest BCUT2D eigenvalue weighted by Crippen LogP contribution is -2.38. The monoisotopic (exact) mass is 413 g/mol. The topological polar surface area (TPSA) is 75.4 Å². The molecule has 0 spiro atoms. The Morgan fingerprint density at radius 3 is 2.44 bits per heavy atom. The average Bonchev–Trinajstić information content (AvgIpc) is 3.08. The predicted molar refractivity (Wildman–Crippen MR) is 112 cm³/mol. The van der Waals surface area contributed by atoms with Gasteiger partial charge in [0.05, 0.1) is 10.6 Å². The molecule has 0 heterocycles. The third-order valence-corrected chi connectivity index (χ3v) is 6.07. The van der Waals surface area contributed by atoms with E-state index in [1.54, 1.807) is 18.2 Å². The van der Waals surface area contributed by atoms with Crippen molar-refractivity contribution in [2.75, 3.05) is 12.4 Å². The number of nitrogens with zero attached hydrogens (tertiary/aromatic N) is 1. The van der Waals surface area contributed by atoms with Crippen molar-refractivity contribution in [3.05, 3.63) is 28.8 Å². The van der Waals surface area contributed by atoms with E-state index in [9.17, 15) is 9.59 Å². The minimum atomic E-state index is -0.0541. The Morgan fingerprint density at radius 1 is 1.15 bits per heavy atom. The van der Waals surface area contributed by atoms with E-state index < -0.39 is 0 Å². The van der Waals surface area contributed by atoms with Crippen LogP contribution in [0.2, 0.25) is 5.02 Å². The molecule has 2 saturated carbocycles. The summed E-state index contributed by atoms with van der Waals surface area (Å²) in [6, 6.07) is 5.53. The Kier molecular flexibility index (Phi) is 7.95. The molecule has 0 bridgehead atoms. The second-order valence-corrected chi connectivity index (χ2v) is 8.07. The van der Waals surface area contributed by atoms with Crippen molar-refractivity contribution < 1.29 is 9.59 Å². The van der Waals surface area contributed by atoms with Gasteiger partial charge in [-0.05, 0) is 50.3 Å². The summed E-state index contributed by atoms with van der Waals surface area (Å²) in [5.41, 5.74) is 6.99. The second-order valence-electron chi connectivity index (χ2n) is 7.66. The normalized spacial score (nSPS) is 22.8. The van der Waals surface area contributed by atoms with E-state index in [-0.39, 0.29) is 36.2 Å². The Balaban J connectivity index is 0.00000261. The first kappa shape index (κ1) is 22.0. The molecular formula is C20H29Cl2N3O2. The van der Waals surface area contributed by atoms with E-state index in [0.29, 0.717) is 22.3 Å². The SMILES string of the molecule is CN(C(=O)c1ccc(NC(=O)C2CCC(N)C2)cc1Cl)C1CCCCC1.Cl. The van der Waals surface area contributed by atoms with Gasteiger partial charge >= 0.3 is 0 Å². The zero-order chi connectivity index (χ0) is 18.7. The first-order chi connectivity index (χ1) is 12.5. The maximum atomic E-state index is 12.8. The highest BCUT2D eigenvalue weighted by Crippen LogP contribution is 2.28. The van der Waals surface area contributed by atoms with Crippen molar-refractivity contribution in [1.29, 1.82) is 0 Å². The summed E-state index contributed by atoms with van der Waals surface area (Å²) in [4.78, 5) is 26.9. The number of amides is 2. The standard InChI is InChI=1S/C20H28ClN3O2.ClH/c1-24(16-5-3-2-4-6-16)20(26)17-10-9-15(12-18(17)21)23-19(25)13-7-8-14(22)11-13;/h9-10,12-14,16H,2-8,11,22H2,1H3,(H,23,25);1H. The third kappa shape index (κ3) is 5.37. The van der Waals surface area contributed by atoms with Crippen LogP contribution < -0.4 is 11.1 Å². The number of hydrogen-bond acceptors (Lipinski definition) is 3. The minimum absolute atomic E-state index is 0. The fourth-order valence-corrected chi connectivity index (χ4v) is 4.35. The van der Waals surface area contributed by atoms with Gasteiger partial charge in [0, 0.05) is 30.7 Å². The van der Waals surface area contributed by atoms with Gasteiger partial charge in [0.15, 0.2) is 0 Å². The van der Waals surface area contributed by atoms with Gasteiger partial charge < -0.3 is 16.0 Å². The van der Waals surface area contributed by atoms with Crippen molar-refractivity contribution in [2.24, 2.45) is 11.7 Å². The van der Waals surface area contributed by atoms with Gasteiger partial charge in [-0.1, -0.05) is 30.9 Å². The van der Waals surface area contributed by atoms with Crippen LogP contribution in [0.15, 0.2) is 18.2 Å². The van der Waals surface area contributed by atoms with E-state index in [1.165, 1.54) is 19.3 Å². The van der Waals surface area contributed by atoms with E-state index >= 15 is 0 Å². The van der Waals surface area contributed by atoms with Gasteiger partial charge in [-0.2, -0.15) is 0 Å². The lowest BCUT2D eigenvalue weighted by atomic mass is 9.94. The van der Waals surface area contributed by atoms with Gasteiger partial charge in [0.25, 0.3) is 5.91 Å². The third-order valence-electron chi connectivity index (χ3n) is 5.75. The molecular weight excluding hydrogens is 385 g/mol. The first-order valence-corrected chi connectivity index (χ1v) is 9.96. The number of hydrogen-bond donors (Lipinski definition) is 2. The minimum Gasteiger partial charge on any atom is -0.339 e. The highest BCUT2D eigenvalue weighted by atomic mass is 35.5. The lowest BCUT2D eigenvalue weighted by Gasteiger charge is -2.31. The lowest BCUT2D eigenvalue weighted by molar-refractivity contribution is -0.119. The number of nitrogens with two attached hydrogens (primary N) is 1. The molecule has 150 valence electrons. The molecule has 2 fully saturated rings. The molecule has 2 aliphatic carbocycles. The fourth-order valence-electron chi connectivity index (χ4n) is 4.09. The summed E-state index contributed by atoms with van der Waals surface area (Å²) in [6.07, 6.45) is 8.14. The highest BCUT2D eigenvalue weighted by molar-refractivity contribution is 6.34. The van der Waals surface area contributed by atoms with Crippen LogP contribution in [0.1, 0.15) is 61.7 Å². The molecule has 2 aliphatic rings. The molecule has 2 atom stereocenters. The number of rotatable bonds is 4. The zero-order valence-electron chi connectivity index (χ0n) is 15.7. The van der Waals surface area contributed by atoms with Gasteiger partial charge in [-0.25, -0.2) is 0 Å². The smallest absolute Gasteiger partial charge is 0.255 e. The molecule has 3 N–H and O–H groups in total. The molecule has 0 saturated heterocycles. The molecule has 7 heteroatoms. The Morgan fingerprint density at radius 2 is 1.85 bits per heavy atom.